The number of carboxylic acid groups (broad SMARTS) is 1. The van der Waals surface area contributed by atoms with E-state index in [2.05, 4.69) is 51.8 Å². The molecule has 6 nitrogen and oxygen atoms in total. The smallest absolute Gasteiger partial charge is 0.331 e. The minimum Gasteiger partial charge on any atom is -0.478 e. The molecule has 31 heavy (non-hydrogen) atoms. The zero-order chi connectivity index (χ0) is 24.4. The van der Waals surface area contributed by atoms with Gasteiger partial charge in [-0.2, -0.15) is 0 Å². The summed E-state index contributed by atoms with van der Waals surface area (Å²) < 4.78 is 0. The third kappa shape index (κ3) is 8.68. The summed E-state index contributed by atoms with van der Waals surface area (Å²) >= 11 is 0. The van der Waals surface area contributed by atoms with Gasteiger partial charge in [0.15, 0.2) is 0 Å². The van der Waals surface area contributed by atoms with Crippen LogP contribution in [0.5, 0.6) is 0 Å². The second-order valence-corrected chi connectivity index (χ2v) is 9.36. The summed E-state index contributed by atoms with van der Waals surface area (Å²) in [7, 11) is 1.76. The first-order valence-electron chi connectivity index (χ1n) is 11.8. The highest BCUT2D eigenvalue weighted by atomic mass is 16.4. The number of carbonyl (C=O) groups is 2. The van der Waals surface area contributed by atoms with Crippen molar-refractivity contribution in [2.45, 2.75) is 98.7 Å². The molecule has 6 heteroatoms. The molecule has 0 aromatic heterocycles. The van der Waals surface area contributed by atoms with E-state index in [0.29, 0.717) is 12.3 Å². The zero-order valence-electron chi connectivity index (χ0n) is 21.3. The van der Waals surface area contributed by atoms with Crippen LogP contribution in [0, 0.1) is 11.8 Å². The molecule has 0 fully saturated rings. The van der Waals surface area contributed by atoms with Gasteiger partial charge in [-0.3, -0.25) is 4.79 Å². The third-order valence-electron chi connectivity index (χ3n) is 6.09. The van der Waals surface area contributed by atoms with Crippen molar-refractivity contribution >= 4 is 11.9 Å². The lowest BCUT2D eigenvalue weighted by atomic mass is 9.88. The Kier molecular flexibility index (Phi) is 12.8. The van der Waals surface area contributed by atoms with E-state index in [-0.39, 0.29) is 29.0 Å². The van der Waals surface area contributed by atoms with Crippen LogP contribution in [0.1, 0.15) is 81.1 Å². The summed E-state index contributed by atoms with van der Waals surface area (Å²) in [6.07, 6.45) is 5.13. The van der Waals surface area contributed by atoms with Gasteiger partial charge in [0, 0.05) is 18.3 Å². The fourth-order valence-corrected chi connectivity index (χ4v) is 3.91. The molecule has 0 radical (unpaired) electrons. The van der Waals surface area contributed by atoms with Crippen LogP contribution in [0.15, 0.2) is 23.9 Å². The molecule has 180 valence electrons. The number of nitrogens with one attached hydrogen (secondary N) is 2. The van der Waals surface area contributed by atoms with Gasteiger partial charge in [0.2, 0.25) is 5.91 Å². The standard InChI is InChI=1S/C25H47N3O3/c1-11-14-26-25(12-2,13-3)20(9)27-21(15-17(4)5)23(29)28(10)22(18(6)7)16-19(8)24(30)31/h16-18,21-22,26-27H,9,11-15H2,1-8,10H3,(H,30,31)/b19-16+. The summed E-state index contributed by atoms with van der Waals surface area (Å²) in [5.74, 6) is -0.602. The first-order valence-corrected chi connectivity index (χ1v) is 11.8. The van der Waals surface area contributed by atoms with E-state index >= 15 is 0 Å². The molecule has 0 aliphatic carbocycles. The highest BCUT2D eigenvalue weighted by Gasteiger charge is 2.34. The molecule has 0 saturated carbocycles. The predicted octanol–water partition coefficient (Wildman–Crippen LogP) is 4.58. The van der Waals surface area contributed by atoms with Gasteiger partial charge in [-0.25, -0.2) is 4.79 Å². The van der Waals surface area contributed by atoms with E-state index in [1.165, 1.54) is 0 Å². The predicted molar refractivity (Wildman–Crippen MR) is 130 cm³/mol. The van der Waals surface area contributed by atoms with Gasteiger partial charge in [-0.1, -0.05) is 61.1 Å². The highest BCUT2D eigenvalue weighted by Crippen LogP contribution is 2.24. The maximum Gasteiger partial charge on any atom is 0.331 e. The quantitative estimate of drug-likeness (QED) is 0.327. The fraction of sp³-hybridized carbons (Fsp3) is 0.760. The number of aliphatic carboxylic acids is 1. The molecule has 1 amide bonds. The largest absolute Gasteiger partial charge is 0.478 e. The first-order chi connectivity index (χ1) is 14.4. The van der Waals surface area contributed by atoms with Crippen LogP contribution in [-0.4, -0.2) is 53.1 Å². The van der Waals surface area contributed by atoms with Crippen LogP contribution in [0.25, 0.3) is 0 Å². The second-order valence-electron chi connectivity index (χ2n) is 9.36. The van der Waals surface area contributed by atoms with E-state index < -0.39 is 12.0 Å². The molecule has 0 rings (SSSR count). The normalized spacial score (nSPS) is 14.5. The van der Waals surface area contributed by atoms with E-state index in [1.807, 2.05) is 13.8 Å². The van der Waals surface area contributed by atoms with E-state index in [1.54, 1.807) is 24.9 Å². The van der Waals surface area contributed by atoms with Gasteiger partial charge < -0.3 is 20.6 Å². The minimum atomic E-state index is -0.964. The number of carboxylic acids is 1. The Morgan fingerprint density at radius 3 is 2.06 bits per heavy atom. The summed E-state index contributed by atoms with van der Waals surface area (Å²) in [6, 6.07) is -0.716. The van der Waals surface area contributed by atoms with E-state index in [0.717, 1.165) is 31.5 Å². The van der Waals surface area contributed by atoms with Gasteiger partial charge in [-0.05, 0) is 51.0 Å². The third-order valence-corrected chi connectivity index (χ3v) is 6.09. The van der Waals surface area contributed by atoms with Crippen LogP contribution in [-0.2, 0) is 9.59 Å². The van der Waals surface area contributed by atoms with Crippen LogP contribution in [0.3, 0.4) is 0 Å². The maximum atomic E-state index is 13.6. The van der Waals surface area contributed by atoms with Crippen molar-refractivity contribution in [2.24, 2.45) is 11.8 Å². The SMILES string of the molecule is C=C(NC(CC(C)C)C(=O)N(C)C(/C=C(\C)C(=O)O)C(C)C)C(CC)(CC)NCCC. The number of rotatable bonds is 15. The Hall–Kier alpha value is -1.82. The lowest BCUT2D eigenvalue weighted by molar-refractivity contribution is -0.135. The van der Waals surface area contributed by atoms with Crippen LogP contribution < -0.4 is 10.6 Å². The molecular formula is C25H47N3O3. The molecule has 0 aromatic carbocycles. The average Bonchev–Trinajstić information content (AvgIpc) is 2.70. The Morgan fingerprint density at radius 1 is 1.13 bits per heavy atom. The topological polar surface area (TPSA) is 81.7 Å². The molecule has 0 heterocycles. The molecule has 2 unspecified atom stereocenters. The van der Waals surface area contributed by atoms with Crippen molar-refractivity contribution in [1.29, 1.82) is 0 Å². The number of likely N-dealkylation sites (N-methyl/N-ethyl adjacent to an activating group) is 1. The number of hydrogen-bond acceptors (Lipinski definition) is 4. The summed E-state index contributed by atoms with van der Waals surface area (Å²) in [6.45, 7) is 21.4. The monoisotopic (exact) mass is 437 g/mol. The first kappa shape index (κ1) is 29.2. The van der Waals surface area contributed by atoms with Crippen LogP contribution >= 0.6 is 0 Å². The van der Waals surface area contributed by atoms with Crippen molar-refractivity contribution in [2.75, 3.05) is 13.6 Å². The number of nitrogens with zero attached hydrogens (tertiary/aromatic N) is 1. The molecular weight excluding hydrogens is 390 g/mol. The second kappa shape index (κ2) is 13.6. The van der Waals surface area contributed by atoms with Gasteiger partial charge >= 0.3 is 5.97 Å². The van der Waals surface area contributed by atoms with Gasteiger partial charge in [0.25, 0.3) is 0 Å². The van der Waals surface area contributed by atoms with Crippen molar-refractivity contribution in [3.8, 4) is 0 Å². The number of amides is 1. The molecule has 0 spiro atoms. The summed E-state index contributed by atoms with van der Waals surface area (Å²) in [4.78, 5) is 26.6. The molecule has 3 N–H and O–H groups in total. The van der Waals surface area contributed by atoms with Crippen molar-refractivity contribution in [3.05, 3.63) is 23.9 Å². The summed E-state index contributed by atoms with van der Waals surface area (Å²) in [5.41, 5.74) is 0.828. The van der Waals surface area contributed by atoms with Crippen molar-refractivity contribution in [3.63, 3.8) is 0 Å². The Morgan fingerprint density at radius 2 is 1.68 bits per heavy atom. The minimum absolute atomic E-state index is 0.0420. The average molecular weight is 438 g/mol. The molecule has 0 bridgehead atoms. The molecule has 0 saturated heterocycles. The number of carbonyl (C=O) groups excluding carboxylic acids is 1. The Balaban J connectivity index is 5.85. The Bertz CT molecular complexity index is 622. The lowest BCUT2D eigenvalue weighted by Crippen LogP contribution is -2.55. The Labute approximate surface area is 190 Å². The van der Waals surface area contributed by atoms with Crippen molar-refractivity contribution < 1.29 is 14.7 Å². The highest BCUT2D eigenvalue weighted by molar-refractivity contribution is 5.86. The molecule has 0 aliphatic rings. The fourth-order valence-electron chi connectivity index (χ4n) is 3.91. The van der Waals surface area contributed by atoms with Crippen LogP contribution in [0.4, 0.5) is 0 Å². The maximum absolute atomic E-state index is 13.6. The zero-order valence-corrected chi connectivity index (χ0v) is 21.3. The van der Waals surface area contributed by atoms with E-state index in [9.17, 15) is 14.7 Å². The van der Waals surface area contributed by atoms with E-state index in [4.69, 9.17) is 0 Å². The molecule has 2 atom stereocenters. The number of hydrogen-bond donors (Lipinski definition) is 3. The van der Waals surface area contributed by atoms with Gasteiger partial charge in [0.05, 0.1) is 11.6 Å². The lowest BCUT2D eigenvalue weighted by Gasteiger charge is -2.39. The van der Waals surface area contributed by atoms with Crippen LogP contribution in [0.2, 0.25) is 0 Å². The molecule has 0 aliphatic heterocycles. The van der Waals surface area contributed by atoms with Gasteiger partial charge in [-0.15, -0.1) is 0 Å². The molecule has 0 aromatic rings. The summed E-state index contributed by atoms with van der Waals surface area (Å²) in [5, 5.41) is 16.4. The van der Waals surface area contributed by atoms with Crippen molar-refractivity contribution in [1.82, 2.24) is 15.5 Å². The van der Waals surface area contributed by atoms with Gasteiger partial charge in [0.1, 0.15) is 6.04 Å².